The van der Waals surface area contributed by atoms with E-state index >= 15 is 0 Å². The fourth-order valence-corrected chi connectivity index (χ4v) is 20.1. The van der Waals surface area contributed by atoms with Crippen molar-refractivity contribution in [2.24, 2.45) is 51.5 Å². The molecule has 0 amide bonds. The number of rotatable bonds is 14. The first-order chi connectivity index (χ1) is 45.8. The van der Waals surface area contributed by atoms with Crippen LogP contribution in [-0.2, 0) is 46.4 Å². The first-order valence-electron chi connectivity index (χ1n) is 34.8. The third kappa shape index (κ3) is 13.4. The van der Waals surface area contributed by atoms with Crippen molar-refractivity contribution >= 4 is 26.9 Å². The number of phenolic OH excluding ortho intramolecular Hbond substituents is 1. The van der Waals surface area contributed by atoms with E-state index in [4.69, 9.17) is 25.9 Å². The van der Waals surface area contributed by atoms with Crippen LogP contribution in [0.3, 0.4) is 0 Å². The standard InChI is InChI=1S/C81H92N4O9S/c1-50-17-18-59-39-67-28-30-70(59)72(50)43-75(95(90,91)92)73-41-62-37-61(40-68-36-52(48-86)13-10-15-58-38-66(87)27-29-71(58)77(62)93-68)76(73)56-23-25-64(26-24-56)81(94-67,85-78(82)83)46-65(35-51-11-4-3-5-12-51)80(89)45-63(44-79(49-80)31-8-9-32-79)54-19-21-55(22-20-54)74(88)42-60-34-53(47-84-2)33-57-14-6-7-16-69(57)60/h3-7,11-12,14,16,19-30,33-34,38-39,41,50,52,61,63,65,68,72-77,84,86-89H,8-9,13,17-18,31-32,35-37,40,42-49H2,1-2H3,(H4,82,83,85)(H,90,91,92)/t50-,52+,61-,63+,65-,68-,72+,73-,74+,75-,76+,77-,80-,81-/m1/s1. The van der Waals surface area contributed by atoms with Gasteiger partial charge < -0.3 is 46.7 Å². The fraction of sp³-hybridized carbons (Fsp3) is 0.444. The van der Waals surface area contributed by atoms with Crippen LogP contribution in [0.15, 0.2) is 168 Å². The van der Waals surface area contributed by atoms with Crippen LogP contribution in [0.5, 0.6) is 11.5 Å². The maximum Gasteiger partial charge on any atom is 0.268 e. The van der Waals surface area contributed by atoms with Crippen LogP contribution in [0.25, 0.3) is 10.8 Å². The lowest BCUT2D eigenvalue weighted by atomic mass is 9.57. The molecule has 14 atom stereocenters. The Balaban J connectivity index is 0.879. The molecular weight excluding hydrogens is 1200 g/mol. The van der Waals surface area contributed by atoms with E-state index in [-0.39, 0.29) is 72.3 Å². The summed E-state index contributed by atoms with van der Waals surface area (Å²) in [5.41, 5.74) is 21.7. The lowest BCUT2D eigenvalue weighted by Gasteiger charge is -2.52. The molecule has 5 aliphatic heterocycles. The number of nitrogens with two attached hydrogens (primary N) is 2. The molecule has 10 bridgehead atoms. The minimum atomic E-state index is -4.73. The molecule has 7 aromatic rings. The van der Waals surface area contributed by atoms with Crippen molar-refractivity contribution in [3.8, 4) is 23.3 Å². The van der Waals surface area contributed by atoms with Crippen LogP contribution in [0.2, 0.25) is 0 Å². The van der Waals surface area contributed by atoms with Gasteiger partial charge in [-0.05, 0) is 222 Å². The van der Waals surface area contributed by atoms with E-state index in [1.54, 1.807) is 12.1 Å². The van der Waals surface area contributed by atoms with Crippen LogP contribution in [0.1, 0.15) is 188 Å². The van der Waals surface area contributed by atoms with E-state index in [9.17, 15) is 33.4 Å². The van der Waals surface area contributed by atoms with Crippen molar-refractivity contribution in [2.45, 2.75) is 175 Å². The number of nitrogens with zero attached hydrogens (tertiary/aromatic N) is 1. The number of aromatic hydroxyl groups is 1. The Bertz CT molecular complexity index is 4190. The summed E-state index contributed by atoms with van der Waals surface area (Å²) in [7, 11) is -2.78. The molecule has 0 radical (unpaired) electrons. The summed E-state index contributed by atoms with van der Waals surface area (Å²) < 4.78 is 56.0. The first kappa shape index (κ1) is 65.0. The molecule has 1 spiro atoms. The van der Waals surface area contributed by atoms with Gasteiger partial charge in [-0.1, -0.05) is 159 Å². The lowest BCUT2D eigenvalue weighted by Crippen LogP contribution is -2.52. The van der Waals surface area contributed by atoms with Gasteiger partial charge in [0.1, 0.15) is 17.6 Å². The third-order valence-electron chi connectivity index (χ3n) is 23.4. The maximum atomic E-state index is 14.6. The largest absolute Gasteiger partial charge is 0.508 e. The van der Waals surface area contributed by atoms with Gasteiger partial charge in [-0.15, -0.1) is 0 Å². The molecule has 3 fully saturated rings. The number of aliphatic hydroxyl groups excluding tert-OH is 2. The van der Waals surface area contributed by atoms with Gasteiger partial charge in [-0.2, -0.15) is 8.42 Å². The van der Waals surface area contributed by atoms with E-state index in [0.29, 0.717) is 68.2 Å². The molecule has 0 aromatic heterocycles. The van der Waals surface area contributed by atoms with Crippen molar-refractivity contribution in [2.75, 3.05) is 13.7 Å². The topological polar surface area (TPSA) is 230 Å². The number of allylic oxidation sites excluding steroid dienone is 1. The molecule has 13 nitrogen and oxygen atoms in total. The summed E-state index contributed by atoms with van der Waals surface area (Å²) >= 11 is 0. The fourth-order valence-electron chi connectivity index (χ4n) is 19.0. The lowest BCUT2D eigenvalue weighted by molar-refractivity contribution is -0.116. The highest BCUT2D eigenvalue weighted by atomic mass is 32.2. The third-order valence-corrected chi connectivity index (χ3v) is 24.7. The van der Waals surface area contributed by atoms with Crippen LogP contribution >= 0.6 is 0 Å². The van der Waals surface area contributed by atoms with E-state index in [1.807, 2.05) is 37.4 Å². The number of hydrogen-bond donors (Lipinski definition) is 8. The number of hydrogen-bond acceptors (Lipinski definition) is 10. The zero-order chi connectivity index (χ0) is 65.8. The second-order valence-corrected chi connectivity index (χ2v) is 31.3. The summed E-state index contributed by atoms with van der Waals surface area (Å²) in [6, 6.07) is 51.2. The van der Waals surface area contributed by atoms with Crippen LogP contribution in [0, 0.1) is 46.8 Å². The number of phenols is 1. The second kappa shape index (κ2) is 26.6. The van der Waals surface area contributed by atoms with Crippen molar-refractivity contribution in [3.63, 3.8) is 0 Å². The zero-order valence-electron chi connectivity index (χ0n) is 54.8. The number of guanidine groups is 1. The first-order valence-corrected chi connectivity index (χ1v) is 36.3. The van der Waals surface area contributed by atoms with Crippen LogP contribution in [0.4, 0.5) is 0 Å². The Hall–Kier alpha value is -7.32. The molecule has 5 heterocycles. The van der Waals surface area contributed by atoms with Crippen LogP contribution < -0.4 is 21.5 Å². The molecule has 2 saturated carbocycles. The molecule has 10 N–H and O–H groups in total. The molecule has 4 aliphatic carbocycles. The van der Waals surface area contributed by atoms with Crippen molar-refractivity contribution in [1.82, 2.24) is 5.32 Å². The van der Waals surface area contributed by atoms with Gasteiger partial charge in [0.15, 0.2) is 5.96 Å². The Morgan fingerprint density at radius 2 is 1.59 bits per heavy atom. The van der Waals surface area contributed by atoms with E-state index in [1.165, 1.54) is 5.56 Å². The van der Waals surface area contributed by atoms with Crippen molar-refractivity contribution < 1.29 is 42.9 Å². The van der Waals surface area contributed by atoms with Gasteiger partial charge in [0, 0.05) is 55.0 Å². The monoisotopic (exact) mass is 1300 g/mol. The van der Waals surface area contributed by atoms with Crippen molar-refractivity contribution in [1.29, 1.82) is 0 Å². The normalized spacial score (nSPS) is 29.0. The zero-order valence-corrected chi connectivity index (χ0v) is 55.6. The minimum absolute atomic E-state index is 0.00580. The summed E-state index contributed by atoms with van der Waals surface area (Å²) in [5.74, 6) is 4.90. The minimum Gasteiger partial charge on any atom is -0.508 e. The quantitative estimate of drug-likeness (QED) is 0.0167. The van der Waals surface area contributed by atoms with Gasteiger partial charge in [0.25, 0.3) is 10.1 Å². The second-order valence-electron chi connectivity index (χ2n) is 29.6. The predicted octanol–water partition coefficient (Wildman–Crippen LogP) is 13.8. The molecule has 496 valence electrons. The Morgan fingerprint density at radius 3 is 2.35 bits per heavy atom. The Morgan fingerprint density at radius 1 is 0.832 bits per heavy atom. The molecule has 16 rings (SSSR count). The Kier molecular flexibility index (Phi) is 18.2. The summed E-state index contributed by atoms with van der Waals surface area (Å²) in [5, 5.41) is 52.4. The summed E-state index contributed by atoms with van der Waals surface area (Å²) in [4.78, 5) is 5.29. The van der Waals surface area contributed by atoms with Gasteiger partial charge in [-0.3, -0.25) is 4.55 Å². The van der Waals surface area contributed by atoms with E-state index < -0.39 is 56.7 Å². The summed E-state index contributed by atoms with van der Waals surface area (Å²) in [6.45, 7) is 2.83. The number of aryl methyl sites for hydroxylation is 1. The maximum absolute atomic E-state index is 14.6. The molecule has 7 aromatic carbocycles. The molecule has 0 unspecified atom stereocenters. The average Bonchev–Trinajstić information content (AvgIpc) is 1.74. The van der Waals surface area contributed by atoms with Gasteiger partial charge >= 0.3 is 0 Å². The molecule has 14 heteroatoms. The highest BCUT2D eigenvalue weighted by molar-refractivity contribution is 7.86. The smallest absolute Gasteiger partial charge is 0.268 e. The van der Waals surface area contributed by atoms with Crippen molar-refractivity contribution in [3.05, 3.63) is 225 Å². The number of ether oxygens (including phenoxy) is 2. The SMILES string of the molecule is CNCc1cc(C[C@H](O)c2ccc([C@H]3CC4(CCCC4)C[C@@](O)([C@H](Cc4ccccc4)C[C@@]4(N=C(N)N)Oc5ccc6c(c5)CC[C@@H](C)[C@@H]6C[C@@H](S(=O)(=O)O)[C@H]5C=C6C[C@H](C[C@H]7C[C@@H](CO)CC#Cc8cc(O)ccc8[C@@H]6O7)[C@@H]5c5ccc4cc5)C3)cc2)c2ccccc2c1. The summed E-state index contributed by atoms with van der Waals surface area (Å²) in [6.07, 6.45) is 11.5. The molecule has 9 aliphatic rings. The number of benzene rings is 7. The molecular formula is C81H92N4O9S. The molecule has 95 heavy (non-hydrogen) atoms. The molecule has 1 saturated heterocycles. The van der Waals surface area contributed by atoms with E-state index in [2.05, 4.69) is 139 Å². The number of aliphatic imine (C=N–C) groups is 1. The Labute approximate surface area is 560 Å². The highest BCUT2D eigenvalue weighted by Gasteiger charge is 2.55. The number of nitrogens with one attached hydrogen (secondary N) is 1. The number of fused-ring (bicyclic) bond motifs is 9. The predicted molar refractivity (Wildman–Crippen MR) is 373 cm³/mol. The highest BCUT2D eigenvalue weighted by Crippen LogP contribution is 2.61. The van der Waals surface area contributed by atoms with Gasteiger partial charge in [0.05, 0.1) is 23.1 Å². The number of aliphatic hydroxyl groups is 3. The van der Waals surface area contributed by atoms with Crippen LogP contribution in [-0.4, -0.2) is 70.0 Å². The van der Waals surface area contributed by atoms with Gasteiger partial charge in [0.2, 0.25) is 5.72 Å². The average molecular weight is 1300 g/mol. The van der Waals surface area contributed by atoms with Gasteiger partial charge in [-0.25, -0.2) is 4.99 Å². The van der Waals surface area contributed by atoms with E-state index in [0.717, 1.165) is 112 Å².